The van der Waals surface area contributed by atoms with Gasteiger partial charge in [0.1, 0.15) is 6.10 Å². The molecule has 1 aromatic carbocycles. The van der Waals surface area contributed by atoms with Gasteiger partial charge in [-0.25, -0.2) is 0 Å². The Labute approximate surface area is 113 Å². The van der Waals surface area contributed by atoms with E-state index in [1.165, 1.54) is 0 Å². The molecule has 2 atom stereocenters. The van der Waals surface area contributed by atoms with Crippen LogP contribution in [0.5, 0.6) is 0 Å². The van der Waals surface area contributed by atoms with Crippen molar-refractivity contribution in [2.45, 2.75) is 25.0 Å². The highest BCUT2D eigenvalue weighted by atomic mass is 16.5. The van der Waals surface area contributed by atoms with Gasteiger partial charge in [0.05, 0.1) is 17.5 Å². The van der Waals surface area contributed by atoms with Crippen LogP contribution in [-0.2, 0) is 9.53 Å². The highest BCUT2D eigenvalue weighted by molar-refractivity contribution is 5.97. The summed E-state index contributed by atoms with van der Waals surface area (Å²) in [6.45, 7) is 0.470. The zero-order valence-electron chi connectivity index (χ0n) is 11.4. The molecule has 2 unspecified atom stereocenters. The summed E-state index contributed by atoms with van der Waals surface area (Å²) in [6.07, 6.45) is 1.21. The monoisotopic (exact) mass is 263 g/mol. The molecule has 0 bridgehead atoms. The van der Waals surface area contributed by atoms with Crippen LogP contribution in [-0.4, -0.2) is 38.8 Å². The first kappa shape index (κ1) is 13.8. The Bertz CT molecular complexity index is 448. The molecule has 1 aliphatic rings. The van der Waals surface area contributed by atoms with Crippen molar-refractivity contribution < 1.29 is 9.53 Å². The topological polar surface area (TPSA) is 67.6 Å². The maximum Gasteiger partial charge on any atom is 0.253 e. The molecule has 1 aromatic rings. The van der Waals surface area contributed by atoms with Gasteiger partial charge in [-0.1, -0.05) is 12.1 Å². The number of rotatable bonds is 4. The second-order valence-electron chi connectivity index (χ2n) is 4.96. The third-order valence-electron chi connectivity index (χ3n) is 3.31. The van der Waals surface area contributed by atoms with Gasteiger partial charge >= 0.3 is 0 Å². The van der Waals surface area contributed by atoms with Gasteiger partial charge in [0.2, 0.25) is 0 Å². The first-order valence-electron chi connectivity index (χ1n) is 6.54. The predicted octanol–water partition coefficient (Wildman–Crippen LogP) is 1.20. The first-order valence-corrected chi connectivity index (χ1v) is 6.54. The summed E-state index contributed by atoms with van der Waals surface area (Å²) in [5, 5.41) is 2.93. The molecule has 104 valence electrons. The minimum Gasteiger partial charge on any atom is -0.376 e. The second-order valence-corrected chi connectivity index (χ2v) is 4.96. The molecular weight excluding hydrogens is 242 g/mol. The van der Waals surface area contributed by atoms with Gasteiger partial charge in [-0.3, -0.25) is 4.79 Å². The maximum absolute atomic E-state index is 12.2. The van der Waals surface area contributed by atoms with Crippen LogP contribution >= 0.6 is 0 Å². The molecule has 1 fully saturated rings. The number of hydrogen-bond acceptors (Lipinski definition) is 4. The zero-order chi connectivity index (χ0) is 13.8. The fraction of sp³-hybridized carbons (Fsp3) is 0.500. The van der Waals surface area contributed by atoms with E-state index in [2.05, 4.69) is 5.32 Å². The third-order valence-corrected chi connectivity index (χ3v) is 3.31. The molecule has 3 N–H and O–H groups in total. The van der Waals surface area contributed by atoms with Crippen molar-refractivity contribution in [2.24, 2.45) is 5.73 Å². The van der Waals surface area contributed by atoms with Crippen molar-refractivity contribution in [3.8, 4) is 0 Å². The van der Waals surface area contributed by atoms with Gasteiger partial charge in [-0.2, -0.15) is 0 Å². The van der Waals surface area contributed by atoms with E-state index in [9.17, 15) is 4.79 Å². The minimum atomic E-state index is -0.385. The second kappa shape index (κ2) is 6.04. The average Bonchev–Trinajstić information content (AvgIpc) is 2.88. The van der Waals surface area contributed by atoms with Crippen LogP contribution in [0, 0.1) is 0 Å². The summed E-state index contributed by atoms with van der Waals surface area (Å²) >= 11 is 0. The van der Waals surface area contributed by atoms with Gasteiger partial charge in [-0.05, 0) is 25.0 Å². The number of amides is 1. The van der Waals surface area contributed by atoms with Crippen molar-refractivity contribution in [2.75, 3.05) is 30.9 Å². The van der Waals surface area contributed by atoms with Crippen LogP contribution in [0.4, 0.5) is 11.4 Å². The number of nitrogens with two attached hydrogens (primary N) is 1. The van der Waals surface area contributed by atoms with Gasteiger partial charge in [-0.15, -0.1) is 0 Å². The summed E-state index contributed by atoms with van der Waals surface area (Å²) in [6, 6.07) is 7.71. The number of benzene rings is 1. The van der Waals surface area contributed by atoms with E-state index >= 15 is 0 Å². The van der Waals surface area contributed by atoms with Crippen molar-refractivity contribution in [3.63, 3.8) is 0 Å². The molecule has 0 spiro atoms. The van der Waals surface area contributed by atoms with Crippen LogP contribution in [0.25, 0.3) is 0 Å². The highest BCUT2D eigenvalue weighted by Gasteiger charge is 2.30. The predicted molar refractivity (Wildman–Crippen MR) is 76.3 cm³/mol. The minimum absolute atomic E-state index is 0.0137. The number of anilines is 2. The van der Waals surface area contributed by atoms with Crippen LogP contribution < -0.4 is 16.0 Å². The third kappa shape index (κ3) is 3.24. The van der Waals surface area contributed by atoms with Crippen LogP contribution in [0.3, 0.4) is 0 Å². The Morgan fingerprint density at radius 1 is 1.42 bits per heavy atom. The average molecular weight is 263 g/mol. The lowest BCUT2D eigenvalue weighted by atomic mass is 10.2. The van der Waals surface area contributed by atoms with Crippen molar-refractivity contribution >= 4 is 17.3 Å². The fourth-order valence-corrected chi connectivity index (χ4v) is 2.25. The summed E-state index contributed by atoms with van der Waals surface area (Å²) in [7, 11) is 3.89. The van der Waals surface area contributed by atoms with Gasteiger partial charge in [0, 0.05) is 20.6 Å². The van der Waals surface area contributed by atoms with E-state index in [0.717, 1.165) is 24.2 Å². The Morgan fingerprint density at radius 3 is 2.79 bits per heavy atom. The van der Waals surface area contributed by atoms with E-state index < -0.39 is 0 Å². The smallest absolute Gasteiger partial charge is 0.253 e. The van der Waals surface area contributed by atoms with Crippen LogP contribution in [0.1, 0.15) is 12.8 Å². The Hall–Kier alpha value is -1.59. The van der Waals surface area contributed by atoms with Gasteiger partial charge in [0.15, 0.2) is 0 Å². The standard InChI is InChI=1S/C14H21N3O2/c1-17(2)12-6-4-3-5-11(12)16-14(18)13-8-7-10(9-15)19-13/h3-6,10,13H,7-9,15H2,1-2H3,(H,16,18). The molecule has 19 heavy (non-hydrogen) atoms. The number of carbonyl (C=O) groups is 1. The quantitative estimate of drug-likeness (QED) is 0.856. The molecule has 5 heteroatoms. The molecule has 1 aliphatic heterocycles. The Kier molecular flexibility index (Phi) is 4.39. The molecule has 2 rings (SSSR count). The van der Waals surface area contributed by atoms with E-state index in [1.54, 1.807) is 0 Å². The molecular formula is C14H21N3O2. The summed E-state index contributed by atoms with van der Waals surface area (Å²) < 4.78 is 5.59. The highest BCUT2D eigenvalue weighted by Crippen LogP contribution is 2.25. The zero-order valence-corrected chi connectivity index (χ0v) is 11.4. The molecule has 0 saturated carbocycles. The van der Waals surface area contributed by atoms with Crippen molar-refractivity contribution in [1.29, 1.82) is 0 Å². The van der Waals surface area contributed by atoms with Gasteiger partial charge < -0.3 is 20.7 Å². The Balaban J connectivity index is 2.03. The molecule has 0 aromatic heterocycles. The lowest BCUT2D eigenvalue weighted by molar-refractivity contribution is -0.126. The molecule has 0 aliphatic carbocycles. The van der Waals surface area contributed by atoms with Gasteiger partial charge in [0.25, 0.3) is 5.91 Å². The summed E-state index contributed by atoms with van der Waals surface area (Å²) in [5.41, 5.74) is 7.33. The number of nitrogens with zero attached hydrogens (tertiary/aromatic N) is 1. The SMILES string of the molecule is CN(C)c1ccccc1NC(=O)C1CCC(CN)O1. The maximum atomic E-state index is 12.2. The largest absolute Gasteiger partial charge is 0.376 e. The Morgan fingerprint density at radius 2 is 2.16 bits per heavy atom. The van der Waals surface area contributed by atoms with E-state index in [0.29, 0.717) is 6.54 Å². The number of nitrogens with one attached hydrogen (secondary N) is 1. The molecule has 1 heterocycles. The van der Waals surface area contributed by atoms with Crippen molar-refractivity contribution in [3.05, 3.63) is 24.3 Å². The summed E-state index contributed by atoms with van der Waals surface area (Å²) in [4.78, 5) is 14.1. The number of carbonyl (C=O) groups excluding carboxylic acids is 1. The lowest BCUT2D eigenvalue weighted by Gasteiger charge is -2.19. The number of hydrogen-bond donors (Lipinski definition) is 2. The normalized spacial score (nSPS) is 22.3. The number of para-hydroxylation sites is 2. The van der Waals surface area contributed by atoms with E-state index in [1.807, 2.05) is 43.3 Å². The molecule has 1 amide bonds. The number of ether oxygens (including phenoxy) is 1. The lowest BCUT2D eigenvalue weighted by Crippen LogP contribution is -2.30. The van der Waals surface area contributed by atoms with E-state index in [4.69, 9.17) is 10.5 Å². The molecule has 5 nitrogen and oxygen atoms in total. The van der Waals surface area contributed by atoms with Crippen molar-refractivity contribution in [1.82, 2.24) is 0 Å². The first-order chi connectivity index (χ1) is 9.11. The molecule has 1 saturated heterocycles. The summed E-state index contributed by atoms with van der Waals surface area (Å²) in [5.74, 6) is -0.0924. The fourth-order valence-electron chi connectivity index (χ4n) is 2.25. The molecule has 0 radical (unpaired) electrons. The van der Waals surface area contributed by atoms with E-state index in [-0.39, 0.29) is 18.1 Å². The van der Waals surface area contributed by atoms with Crippen LogP contribution in [0.15, 0.2) is 24.3 Å². The van der Waals surface area contributed by atoms with Crippen LogP contribution in [0.2, 0.25) is 0 Å².